The van der Waals surface area contributed by atoms with Crippen molar-refractivity contribution in [2.24, 2.45) is 0 Å². The van der Waals surface area contributed by atoms with Crippen molar-refractivity contribution >= 4 is 11.6 Å². The Bertz CT molecular complexity index is 708. The smallest absolute Gasteiger partial charge is 0.165 e. The number of piperazine rings is 1. The van der Waals surface area contributed by atoms with Gasteiger partial charge in [0.1, 0.15) is 12.7 Å². The molecule has 26 heavy (non-hydrogen) atoms. The van der Waals surface area contributed by atoms with Crippen molar-refractivity contribution in [2.45, 2.75) is 12.6 Å². The van der Waals surface area contributed by atoms with Gasteiger partial charge in [0.15, 0.2) is 11.6 Å². The van der Waals surface area contributed by atoms with Crippen molar-refractivity contribution in [2.75, 3.05) is 39.3 Å². The molecule has 3 rings (SSSR count). The van der Waals surface area contributed by atoms with Crippen molar-refractivity contribution in [3.8, 4) is 5.75 Å². The highest BCUT2D eigenvalue weighted by Gasteiger charge is 2.20. The van der Waals surface area contributed by atoms with Crippen molar-refractivity contribution in [3.63, 3.8) is 0 Å². The van der Waals surface area contributed by atoms with Crippen LogP contribution in [0.25, 0.3) is 0 Å². The van der Waals surface area contributed by atoms with Gasteiger partial charge in [0.25, 0.3) is 0 Å². The Hall–Kier alpha value is -1.66. The number of halogens is 2. The number of hydrogen-bond donors (Lipinski definition) is 1. The fourth-order valence-corrected chi connectivity index (χ4v) is 3.33. The molecule has 1 aliphatic heterocycles. The van der Waals surface area contributed by atoms with Crippen LogP contribution in [-0.2, 0) is 6.54 Å². The van der Waals surface area contributed by atoms with Crippen LogP contribution in [0.4, 0.5) is 4.39 Å². The second-order valence-corrected chi connectivity index (χ2v) is 7.04. The number of para-hydroxylation sites is 1. The Morgan fingerprint density at radius 1 is 1.04 bits per heavy atom. The summed E-state index contributed by atoms with van der Waals surface area (Å²) in [6.45, 7) is 5.14. The first-order chi connectivity index (χ1) is 12.6. The summed E-state index contributed by atoms with van der Waals surface area (Å²) in [5.74, 6) is -0.229. The molecule has 140 valence electrons. The number of β-amino-alcohol motifs (C(OH)–C–C–N with tert-alkyl or cyclic N) is 1. The number of rotatable bonds is 7. The van der Waals surface area contributed by atoms with Gasteiger partial charge in [0.05, 0.1) is 0 Å². The number of hydrogen-bond acceptors (Lipinski definition) is 4. The van der Waals surface area contributed by atoms with Crippen LogP contribution in [0.2, 0.25) is 5.02 Å². The molecule has 1 unspecified atom stereocenters. The molecule has 0 aromatic heterocycles. The quantitative estimate of drug-likeness (QED) is 0.803. The van der Waals surface area contributed by atoms with E-state index in [9.17, 15) is 9.50 Å². The number of nitrogens with zero attached hydrogens (tertiary/aromatic N) is 2. The first kappa shape index (κ1) is 19.1. The maximum absolute atomic E-state index is 13.5. The van der Waals surface area contributed by atoms with Gasteiger partial charge in [-0.25, -0.2) is 4.39 Å². The standard InChI is InChI=1S/C20H24ClFN2O2/c21-17-5-3-4-16(12-17)13-23-8-10-24(11-9-23)14-18(25)15-26-20-7-2-1-6-19(20)22/h1-7,12,18,25H,8-11,13-15H2. The van der Waals surface area contributed by atoms with E-state index in [4.69, 9.17) is 16.3 Å². The van der Waals surface area contributed by atoms with Gasteiger partial charge >= 0.3 is 0 Å². The minimum absolute atomic E-state index is 0.0870. The molecule has 2 aromatic carbocycles. The Labute approximate surface area is 158 Å². The zero-order valence-electron chi connectivity index (χ0n) is 14.7. The van der Waals surface area contributed by atoms with Crippen LogP contribution < -0.4 is 4.74 Å². The second-order valence-electron chi connectivity index (χ2n) is 6.60. The summed E-state index contributed by atoms with van der Waals surface area (Å²) < 4.78 is 18.9. The zero-order valence-corrected chi connectivity index (χ0v) is 15.4. The van der Waals surface area contributed by atoms with Gasteiger partial charge in [0.2, 0.25) is 0 Å². The number of ether oxygens (including phenoxy) is 1. The maximum atomic E-state index is 13.5. The Morgan fingerprint density at radius 3 is 2.50 bits per heavy atom. The number of aliphatic hydroxyl groups excluding tert-OH is 1. The third-order valence-electron chi connectivity index (χ3n) is 4.50. The lowest BCUT2D eigenvalue weighted by molar-refractivity contribution is 0.0437. The Morgan fingerprint density at radius 2 is 1.77 bits per heavy atom. The fraction of sp³-hybridized carbons (Fsp3) is 0.400. The predicted octanol–water partition coefficient (Wildman–Crippen LogP) is 3.04. The molecule has 1 saturated heterocycles. The number of benzene rings is 2. The van der Waals surface area contributed by atoms with E-state index >= 15 is 0 Å². The average Bonchev–Trinajstić information content (AvgIpc) is 2.63. The molecule has 0 radical (unpaired) electrons. The summed E-state index contributed by atoms with van der Waals surface area (Å²) in [5.41, 5.74) is 1.21. The summed E-state index contributed by atoms with van der Waals surface area (Å²) in [4.78, 5) is 4.59. The van der Waals surface area contributed by atoms with Gasteiger partial charge in [-0.05, 0) is 29.8 Å². The summed E-state index contributed by atoms with van der Waals surface area (Å²) in [7, 11) is 0. The average molecular weight is 379 g/mol. The minimum Gasteiger partial charge on any atom is -0.488 e. The van der Waals surface area contributed by atoms with E-state index in [1.54, 1.807) is 18.2 Å². The Kier molecular flexibility index (Phi) is 6.86. The molecule has 0 bridgehead atoms. The lowest BCUT2D eigenvalue weighted by Gasteiger charge is -2.35. The predicted molar refractivity (Wildman–Crippen MR) is 101 cm³/mol. The van der Waals surface area contributed by atoms with E-state index in [0.29, 0.717) is 6.54 Å². The lowest BCUT2D eigenvalue weighted by Crippen LogP contribution is -2.48. The first-order valence-corrected chi connectivity index (χ1v) is 9.22. The SMILES string of the molecule is OC(COc1ccccc1F)CN1CCN(Cc2cccc(Cl)c2)CC1. The molecule has 1 fully saturated rings. The summed E-state index contributed by atoms with van der Waals surface area (Å²) in [5, 5.41) is 10.9. The molecule has 0 saturated carbocycles. The molecule has 0 amide bonds. The summed E-state index contributed by atoms with van der Waals surface area (Å²) >= 11 is 6.04. The van der Waals surface area contributed by atoms with Crippen LogP contribution in [0, 0.1) is 5.82 Å². The monoisotopic (exact) mass is 378 g/mol. The minimum atomic E-state index is -0.644. The van der Waals surface area contributed by atoms with Gasteiger partial charge in [-0.1, -0.05) is 35.9 Å². The highest BCUT2D eigenvalue weighted by Crippen LogP contribution is 2.16. The fourth-order valence-electron chi connectivity index (χ4n) is 3.12. The van der Waals surface area contributed by atoms with Crippen LogP contribution in [0.5, 0.6) is 5.75 Å². The van der Waals surface area contributed by atoms with Gasteiger partial charge in [-0.2, -0.15) is 0 Å². The highest BCUT2D eigenvalue weighted by atomic mass is 35.5. The van der Waals surface area contributed by atoms with Gasteiger partial charge < -0.3 is 9.84 Å². The van der Waals surface area contributed by atoms with E-state index in [1.165, 1.54) is 11.6 Å². The lowest BCUT2D eigenvalue weighted by atomic mass is 10.2. The topological polar surface area (TPSA) is 35.9 Å². The molecular formula is C20H24ClFN2O2. The molecule has 6 heteroatoms. The van der Waals surface area contributed by atoms with E-state index in [2.05, 4.69) is 15.9 Å². The van der Waals surface area contributed by atoms with Crippen LogP contribution >= 0.6 is 11.6 Å². The molecule has 1 aliphatic rings. The van der Waals surface area contributed by atoms with Crippen LogP contribution in [-0.4, -0.2) is 60.3 Å². The number of aliphatic hydroxyl groups is 1. The molecule has 0 aliphatic carbocycles. The molecule has 0 spiro atoms. The normalized spacial score (nSPS) is 17.2. The van der Waals surface area contributed by atoms with Crippen LogP contribution in [0.15, 0.2) is 48.5 Å². The highest BCUT2D eigenvalue weighted by molar-refractivity contribution is 6.30. The third kappa shape index (κ3) is 5.68. The molecule has 1 heterocycles. The van der Waals surface area contributed by atoms with Crippen LogP contribution in [0.1, 0.15) is 5.56 Å². The zero-order chi connectivity index (χ0) is 18.4. The Balaban J connectivity index is 1.38. The summed E-state index contributed by atoms with van der Waals surface area (Å²) in [6.07, 6.45) is -0.644. The van der Waals surface area contributed by atoms with Gasteiger partial charge in [-0.3, -0.25) is 9.80 Å². The summed E-state index contributed by atoms with van der Waals surface area (Å²) in [6, 6.07) is 14.2. The van der Waals surface area contributed by atoms with E-state index in [-0.39, 0.29) is 12.4 Å². The largest absolute Gasteiger partial charge is 0.488 e. The second kappa shape index (κ2) is 9.33. The van der Waals surface area contributed by atoms with Gasteiger partial charge in [0, 0.05) is 44.3 Å². The van der Waals surface area contributed by atoms with E-state index < -0.39 is 11.9 Å². The van der Waals surface area contributed by atoms with Crippen molar-refractivity contribution in [3.05, 3.63) is 64.9 Å². The van der Waals surface area contributed by atoms with E-state index in [1.807, 2.05) is 18.2 Å². The molecule has 2 aromatic rings. The third-order valence-corrected chi connectivity index (χ3v) is 4.73. The van der Waals surface area contributed by atoms with Crippen LogP contribution in [0.3, 0.4) is 0 Å². The van der Waals surface area contributed by atoms with Crippen molar-refractivity contribution in [1.82, 2.24) is 9.80 Å². The maximum Gasteiger partial charge on any atom is 0.165 e. The van der Waals surface area contributed by atoms with Crippen molar-refractivity contribution < 1.29 is 14.2 Å². The molecule has 4 nitrogen and oxygen atoms in total. The molecule has 1 N–H and O–H groups in total. The van der Waals surface area contributed by atoms with E-state index in [0.717, 1.165) is 37.7 Å². The molecule has 1 atom stereocenters. The van der Waals surface area contributed by atoms with Gasteiger partial charge in [-0.15, -0.1) is 0 Å². The molecular weight excluding hydrogens is 355 g/mol. The first-order valence-electron chi connectivity index (χ1n) is 8.85. The van der Waals surface area contributed by atoms with Crippen molar-refractivity contribution in [1.29, 1.82) is 0 Å².